The monoisotopic (exact) mass is 370 g/mol. The summed E-state index contributed by atoms with van der Waals surface area (Å²) >= 11 is 0. The van der Waals surface area contributed by atoms with Crippen molar-refractivity contribution in [3.05, 3.63) is 0 Å². The summed E-state index contributed by atoms with van der Waals surface area (Å²) < 4.78 is 5.57. The fourth-order valence-corrected chi connectivity index (χ4v) is 2.69. The van der Waals surface area contributed by atoms with Crippen LogP contribution in [0.1, 0.15) is 13.3 Å². The Kier molecular flexibility index (Phi) is 11.6. The van der Waals surface area contributed by atoms with Gasteiger partial charge in [0.15, 0.2) is 0 Å². The van der Waals surface area contributed by atoms with Crippen LogP contribution in [0.5, 0.6) is 0 Å². The van der Waals surface area contributed by atoms with Crippen molar-refractivity contribution in [1.29, 1.82) is 0 Å². The first-order chi connectivity index (χ1) is 10.2. The minimum atomic E-state index is -0.000360. The zero-order valence-corrected chi connectivity index (χ0v) is 15.2. The summed E-state index contributed by atoms with van der Waals surface area (Å²) in [6.45, 7) is 8.19. The second kappa shape index (κ2) is 11.9. The van der Waals surface area contributed by atoms with Crippen LogP contribution < -0.4 is 10.6 Å². The van der Waals surface area contributed by atoms with Crippen LogP contribution in [0.2, 0.25) is 0 Å². The van der Waals surface area contributed by atoms with Crippen molar-refractivity contribution in [2.45, 2.75) is 19.4 Å². The van der Waals surface area contributed by atoms with E-state index in [-0.39, 0.29) is 42.7 Å². The lowest BCUT2D eigenvalue weighted by Crippen LogP contribution is -2.52. The number of carbonyl (C=O) groups excluding carboxylic acids is 2. The minimum absolute atomic E-state index is 0. The lowest BCUT2D eigenvalue weighted by molar-refractivity contribution is -0.136. The molecule has 0 spiro atoms. The van der Waals surface area contributed by atoms with Crippen LogP contribution in [0.4, 0.5) is 0 Å². The van der Waals surface area contributed by atoms with Crippen LogP contribution in [0, 0.1) is 0 Å². The van der Waals surface area contributed by atoms with Gasteiger partial charge in [-0.25, -0.2) is 0 Å². The molecule has 2 aliphatic heterocycles. The molecule has 0 aromatic rings. The minimum Gasteiger partial charge on any atom is -0.375 e. The number of nitrogens with one attached hydrogen (secondary N) is 2. The van der Waals surface area contributed by atoms with Crippen LogP contribution in [0.15, 0.2) is 0 Å². The normalized spacial score (nSPS) is 21.8. The molecule has 0 aliphatic carbocycles. The molecule has 0 saturated carbocycles. The second-order valence-electron chi connectivity index (χ2n) is 5.51. The van der Waals surface area contributed by atoms with Gasteiger partial charge in [-0.2, -0.15) is 0 Å². The molecule has 2 saturated heterocycles. The predicted octanol–water partition coefficient (Wildman–Crippen LogP) is -0.511. The number of likely N-dealkylation sites (N-methyl/N-ethyl adjacent to an activating group) is 1. The lowest BCUT2D eigenvalue weighted by atomic mass is 10.2. The number of amides is 2. The average Bonchev–Trinajstić information content (AvgIpc) is 2.49. The van der Waals surface area contributed by atoms with E-state index in [2.05, 4.69) is 15.5 Å². The van der Waals surface area contributed by atoms with Gasteiger partial charge in [-0.05, 0) is 6.92 Å². The standard InChI is InChI=1S/C14H26N4O3.2ClH/c1-2-16-13(19)11-17-4-6-18(7-5-17)14(20)9-12-10-15-3-8-21-12;;/h12,15H,2-11H2,1H3,(H,16,19);2*1H. The maximum absolute atomic E-state index is 12.2. The van der Waals surface area contributed by atoms with Gasteiger partial charge in [0.05, 0.1) is 25.7 Å². The summed E-state index contributed by atoms with van der Waals surface area (Å²) in [5, 5.41) is 6.03. The number of hydrogen-bond acceptors (Lipinski definition) is 5. The fraction of sp³-hybridized carbons (Fsp3) is 0.857. The summed E-state index contributed by atoms with van der Waals surface area (Å²) in [6, 6.07) is 0. The lowest BCUT2D eigenvalue weighted by Gasteiger charge is -2.35. The van der Waals surface area contributed by atoms with Crippen LogP contribution in [-0.2, 0) is 14.3 Å². The van der Waals surface area contributed by atoms with Gasteiger partial charge < -0.3 is 20.3 Å². The third kappa shape index (κ3) is 7.67. The quantitative estimate of drug-likeness (QED) is 0.681. The van der Waals surface area contributed by atoms with Gasteiger partial charge in [0, 0.05) is 45.8 Å². The van der Waals surface area contributed by atoms with Gasteiger partial charge in [-0.1, -0.05) is 0 Å². The molecule has 2 amide bonds. The Morgan fingerprint density at radius 1 is 1.22 bits per heavy atom. The van der Waals surface area contributed by atoms with E-state index in [0.717, 1.165) is 26.2 Å². The van der Waals surface area contributed by atoms with Gasteiger partial charge in [-0.15, -0.1) is 24.8 Å². The highest BCUT2D eigenvalue weighted by Crippen LogP contribution is 2.08. The number of hydrogen-bond donors (Lipinski definition) is 2. The molecule has 1 atom stereocenters. The van der Waals surface area contributed by atoms with Gasteiger partial charge >= 0.3 is 0 Å². The summed E-state index contributed by atoms with van der Waals surface area (Å²) in [5.41, 5.74) is 0. The molecule has 2 heterocycles. The van der Waals surface area contributed by atoms with E-state index in [1.165, 1.54) is 0 Å². The largest absolute Gasteiger partial charge is 0.375 e. The topological polar surface area (TPSA) is 73.9 Å². The number of halogens is 2. The Balaban J connectivity index is 0.00000242. The summed E-state index contributed by atoms with van der Waals surface area (Å²) in [7, 11) is 0. The Labute approximate surface area is 150 Å². The van der Waals surface area contributed by atoms with Crippen molar-refractivity contribution in [2.24, 2.45) is 0 Å². The molecular weight excluding hydrogens is 343 g/mol. The van der Waals surface area contributed by atoms with Gasteiger partial charge in [0.1, 0.15) is 0 Å². The summed E-state index contributed by atoms with van der Waals surface area (Å²) in [6.07, 6.45) is 0.447. The molecule has 7 nitrogen and oxygen atoms in total. The van der Waals surface area contributed by atoms with Crippen molar-refractivity contribution in [2.75, 3.05) is 59.0 Å². The van der Waals surface area contributed by atoms with E-state index in [9.17, 15) is 9.59 Å². The smallest absolute Gasteiger partial charge is 0.234 e. The molecule has 2 aliphatic rings. The highest BCUT2D eigenvalue weighted by molar-refractivity contribution is 5.85. The first-order valence-corrected chi connectivity index (χ1v) is 7.78. The van der Waals surface area contributed by atoms with Crippen LogP contribution in [0.3, 0.4) is 0 Å². The van der Waals surface area contributed by atoms with Crippen LogP contribution in [-0.4, -0.2) is 86.7 Å². The van der Waals surface area contributed by atoms with E-state index in [4.69, 9.17) is 4.74 Å². The van der Waals surface area contributed by atoms with Crippen molar-refractivity contribution in [3.8, 4) is 0 Å². The van der Waals surface area contributed by atoms with Crippen molar-refractivity contribution >= 4 is 36.6 Å². The van der Waals surface area contributed by atoms with E-state index in [1.807, 2.05) is 11.8 Å². The molecular formula is C14H28Cl2N4O3. The predicted molar refractivity (Wildman–Crippen MR) is 93.4 cm³/mol. The zero-order chi connectivity index (χ0) is 15.1. The number of ether oxygens (including phenoxy) is 1. The average molecular weight is 371 g/mol. The van der Waals surface area contributed by atoms with Crippen molar-refractivity contribution < 1.29 is 14.3 Å². The van der Waals surface area contributed by atoms with Crippen LogP contribution >= 0.6 is 24.8 Å². The fourth-order valence-electron chi connectivity index (χ4n) is 2.69. The number of nitrogens with zero attached hydrogens (tertiary/aromatic N) is 2. The van der Waals surface area contributed by atoms with E-state index >= 15 is 0 Å². The highest BCUT2D eigenvalue weighted by atomic mass is 35.5. The number of morpholine rings is 1. The first-order valence-electron chi connectivity index (χ1n) is 7.78. The Morgan fingerprint density at radius 2 is 1.91 bits per heavy atom. The molecule has 0 aromatic carbocycles. The van der Waals surface area contributed by atoms with E-state index in [0.29, 0.717) is 39.2 Å². The maximum Gasteiger partial charge on any atom is 0.234 e. The first kappa shape index (κ1) is 22.4. The zero-order valence-electron chi connectivity index (χ0n) is 13.6. The molecule has 2 N–H and O–H groups in total. The van der Waals surface area contributed by atoms with E-state index < -0.39 is 0 Å². The third-order valence-corrected chi connectivity index (χ3v) is 3.87. The Hall–Kier alpha value is -0.600. The number of piperazine rings is 1. The molecule has 0 radical (unpaired) electrons. The SMILES string of the molecule is CCNC(=O)CN1CCN(C(=O)CC2CNCCO2)CC1.Cl.Cl. The number of carbonyl (C=O) groups is 2. The molecule has 23 heavy (non-hydrogen) atoms. The Bertz CT molecular complexity index is 360. The van der Waals surface area contributed by atoms with E-state index in [1.54, 1.807) is 0 Å². The van der Waals surface area contributed by atoms with Crippen LogP contribution in [0.25, 0.3) is 0 Å². The van der Waals surface area contributed by atoms with Crippen molar-refractivity contribution in [3.63, 3.8) is 0 Å². The molecule has 2 rings (SSSR count). The van der Waals surface area contributed by atoms with Crippen molar-refractivity contribution in [1.82, 2.24) is 20.4 Å². The molecule has 136 valence electrons. The summed E-state index contributed by atoms with van der Waals surface area (Å²) in [4.78, 5) is 27.7. The third-order valence-electron chi connectivity index (χ3n) is 3.87. The maximum atomic E-state index is 12.2. The molecule has 2 fully saturated rings. The molecule has 9 heteroatoms. The highest BCUT2D eigenvalue weighted by Gasteiger charge is 2.25. The van der Waals surface area contributed by atoms with Gasteiger partial charge in [0.25, 0.3) is 0 Å². The molecule has 1 unspecified atom stereocenters. The molecule has 0 aromatic heterocycles. The van der Waals surface area contributed by atoms with Gasteiger partial charge in [-0.3, -0.25) is 14.5 Å². The molecule has 0 bridgehead atoms. The number of rotatable bonds is 5. The summed E-state index contributed by atoms with van der Waals surface area (Å²) in [5.74, 6) is 0.209. The van der Waals surface area contributed by atoms with Gasteiger partial charge in [0.2, 0.25) is 11.8 Å². The second-order valence-corrected chi connectivity index (χ2v) is 5.51. The Morgan fingerprint density at radius 3 is 2.48 bits per heavy atom.